The molecule has 1 aliphatic heterocycles. The summed E-state index contributed by atoms with van der Waals surface area (Å²) in [6, 6.07) is 8.70. The number of likely N-dealkylation sites (N-methyl/N-ethyl adjacent to an activating group) is 1. The van der Waals surface area contributed by atoms with Gasteiger partial charge in [0.2, 0.25) is 5.91 Å². The summed E-state index contributed by atoms with van der Waals surface area (Å²) in [5.74, 6) is 1.12. The minimum absolute atomic E-state index is 0.228. The first-order valence-electron chi connectivity index (χ1n) is 9.86. The second-order valence-electron chi connectivity index (χ2n) is 7.25. The van der Waals surface area contributed by atoms with Crippen LogP contribution in [0.1, 0.15) is 45.1 Å². The molecule has 1 heterocycles. The molecule has 1 aromatic carbocycles. The number of aliphatic hydroxyl groups excluding tert-OH is 1. The van der Waals surface area contributed by atoms with Gasteiger partial charge in [-0.25, -0.2) is 0 Å². The third-order valence-corrected chi connectivity index (χ3v) is 5.37. The zero-order valence-electron chi connectivity index (χ0n) is 16.5. The largest absolute Gasteiger partial charge is 0.497 e. The second-order valence-corrected chi connectivity index (χ2v) is 7.25. The van der Waals surface area contributed by atoms with Gasteiger partial charge < -0.3 is 19.6 Å². The van der Waals surface area contributed by atoms with Crippen molar-refractivity contribution in [2.45, 2.75) is 58.1 Å². The van der Waals surface area contributed by atoms with Gasteiger partial charge in [-0.2, -0.15) is 0 Å². The third kappa shape index (κ3) is 6.29. The van der Waals surface area contributed by atoms with Crippen LogP contribution < -0.4 is 4.74 Å². The summed E-state index contributed by atoms with van der Waals surface area (Å²) < 4.78 is 5.21. The highest BCUT2D eigenvalue weighted by atomic mass is 16.5. The molecule has 0 aliphatic carbocycles. The Morgan fingerprint density at radius 3 is 2.54 bits per heavy atom. The van der Waals surface area contributed by atoms with Crippen molar-refractivity contribution in [1.29, 1.82) is 0 Å². The Morgan fingerprint density at radius 1 is 1.31 bits per heavy atom. The van der Waals surface area contributed by atoms with Crippen molar-refractivity contribution in [3.8, 4) is 5.75 Å². The quantitative estimate of drug-likeness (QED) is 0.734. The fourth-order valence-corrected chi connectivity index (χ4v) is 3.63. The Labute approximate surface area is 157 Å². The van der Waals surface area contributed by atoms with E-state index < -0.39 is 0 Å². The zero-order chi connectivity index (χ0) is 18.9. The summed E-state index contributed by atoms with van der Waals surface area (Å²) >= 11 is 0. The van der Waals surface area contributed by atoms with Crippen molar-refractivity contribution in [2.24, 2.45) is 0 Å². The van der Waals surface area contributed by atoms with E-state index in [0.29, 0.717) is 38.4 Å². The van der Waals surface area contributed by atoms with Gasteiger partial charge in [0, 0.05) is 25.6 Å². The number of nitrogens with zero attached hydrogens (tertiary/aromatic N) is 2. The number of hydrogen-bond donors (Lipinski definition) is 1. The van der Waals surface area contributed by atoms with Crippen molar-refractivity contribution in [1.82, 2.24) is 9.80 Å². The topological polar surface area (TPSA) is 53.0 Å². The average molecular weight is 363 g/mol. The molecule has 1 amide bonds. The van der Waals surface area contributed by atoms with Crippen molar-refractivity contribution in [3.63, 3.8) is 0 Å². The van der Waals surface area contributed by atoms with Crippen LogP contribution in [0.15, 0.2) is 24.3 Å². The monoisotopic (exact) mass is 362 g/mol. The number of amides is 1. The molecule has 0 bridgehead atoms. The molecule has 1 saturated heterocycles. The molecule has 2 rings (SSSR count). The van der Waals surface area contributed by atoms with E-state index in [1.807, 2.05) is 17.0 Å². The highest BCUT2D eigenvalue weighted by Gasteiger charge is 2.21. The van der Waals surface area contributed by atoms with E-state index in [1.54, 1.807) is 7.11 Å². The van der Waals surface area contributed by atoms with E-state index in [2.05, 4.69) is 30.9 Å². The van der Waals surface area contributed by atoms with Gasteiger partial charge in [0.05, 0.1) is 13.2 Å². The average Bonchev–Trinajstić information content (AvgIpc) is 2.66. The van der Waals surface area contributed by atoms with Gasteiger partial charge in [0.1, 0.15) is 5.75 Å². The predicted octanol–water partition coefficient (Wildman–Crippen LogP) is 2.71. The highest BCUT2D eigenvalue weighted by Crippen LogP contribution is 2.16. The maximum Gasteiger partial charge on any atom is 0.222 e. The zero-order valence-corrected chi connectivity index (χ0v) is 16.5. The molecule has 0 spiro atoms. The lowest BCUT2D eigenvalue weighted by Gasteiger charge is -2.31. The predicted molar refractivity (Wildman–Crippen MR) is 104 cm³/mol. The first-order chi connectivity index (χ1) is 12.5. The Balaban J connectivity index is 1.74. The summed E-state index contributed by atoms with van der Waals surface area (Å²) in [6.45, 7) is 7.76. The summed E-state index contributed by atoms with van der Waals surface area (Å²) in [5.41, 5.74) is 1.31. The molecule has 1 fully saturated rings. The molecular weight excluding hydrogens is 328 g/mol. The van der Waals surface area contributed by atoms with Gasteiger partial charge in [0.25, 0.3) is 0 Å². The standard InChI is InChI=1S/C21H34N2O3/c1-4-22(17(2)16-18-7-9-20(26-3)10-8-18)13-5-6-21(25)23-14-11-19(24)12-15-23/h7-10,17,19,24H,4-6,11-16H2,1-3H3. The van der Waals surface area contributed by atoms with Crippen LogP contribution in [-0.4, -0.2) is 66.2 Å². The molecule has 1 aromatic rings. The van der Waals surface area contributed by atoms with E-state index in [0.717, 1.165) is 31.7 Å². The van der Waals surface area contributed by atoms with Crippen LogP contribution in [0.5, 0.6) is 5.75 Å². The number of likely N-dealkylation sites (tertiary alicyclic amines) is 1. The lowest BCUT2D eigenvalue weighted by Crippen LogP contribution is -2.40. The van der Waals surface area contributed by atoms with Gasteiger partial charge in [0.15, 0.2) is 0 Å². The Kier molecular flexibility index (Phi) is 8.39. The first kappa shape index (κ1) is 20.7. The SMILES string of the molecule is CCN(CCCC(=O)N1CCC(O)CC1)C(C)Cc1ccc(OC)cc1. The minimum Gasteiger partial charge on any atom is -0.497 e. The molecule has 0 aromatic heterocycles. The first-order valence-corrected chi connectivity index (χ1v) is 9.86. The van der Waals surface area contributed by atoms with Crippen molar-refractivity contribution < 1.29 is 14.6 Å². The number of ether oxygens (including phenoxy) is 1. The fourth-order valence-electron chi connectivity index (χ4n) is 3.63. The molecule has 1 N–H and O–H groups in total. The summed E-state index contributed by atoms with van der Waals surface area (Å²) in [6.07, 6.45) is 3.68. The van der Waals surface area contributed by atoms with Gasteiger partial charge in [-0.1, -0.05) is 19.1 Å². The number of carbonyl (C=O) groups is 1. The van der Waals surface area contributed by atoms with Gasteiger partial charge >= 0.3 is 0 Å². The van der Waals surface area contributed by atoms with E-state index >= 15 is 0 Å². The normalized spacial score (nSPS) is 16.7. The molecule has 5 nitrogen and oxygen atoms in total. The van der Waals surface area contributed by atoms with Crippen LogP contribution in [0.2, 0.25) is 0 Å². The maximum atomic E-state index is 12.3. The number of rotatable bonds is 9. The molecule has 1 aliphatic rings. The molecule has 1 atom stereocenters. The van der Waals surface area contributed by atoms with Crippen LogP contribution in [0.4, 0.5) is 0 Å². The fraction of sp³-hybridized carbons (Fsp3) is 0.667. The number of hydrogen-bond acceptors (Lipinski definition) is 4. The Hall–Kier alpha value is -1.59. The smallest absolute Gasteiger partial charge is 0.222 e. The van der Waals surface area contributed by atoms with E-state index in [9.17, 15) is 9.90 Å². The second kappa shape index (κ2) is 10.5. The summed E-state index contributed by atoms with van der Waals surface area (Å²) in [4.78, 5) is 16.7. The van der Waals surface area contributed by atoms with Crippen LogP contribution in [0.3, 0.4) is 0 Å². The van der Waals surface area contributed by atoms with Crippen LogP contribution in [-0.2, 0) is 11.2 Å². The number of benzene rings is 1. The minimum atomic E-state index is -0.228. The van der Waals surface area contributed by atoms with Crippen molar-refractivity contribution in [2.75, 3.05) is 33.3 Å². The number of aliphatic hydroxyl groups is 1. The van der Waals surface area contributed by atoms with Crippen LogP contribution in [0.25, 0.3) is 0 Å². The summed E-state index contributed by atoms with van der Waals surface area (Å²) in [5, 5.41) is 9.55. The Morgan fingerprint density at radius 2 is 1.96 bits per heavy atom. The molecule has 0 radical (unpaired) electrons. The van der Waals surface area contributed by atoms with Crippen LogP contribution in [0, 0.1) is 0 Å². The molecular formula is C21H34N2O3. The van der Waals surface area contributed by atoms with Gasteiger partial charge in [-0.05, 0) is 63.4 Å². The highest BCUT2D eigenvalue weighted by molar-refractivity contribution is 5.76. The van der Waals surface area contributed by atoms with E-state index in [4.69, 9.17) is 4.74 Å². The van der Waals surface area contributed by atoms with Gasteiger partial charge in [-0.3, -0.25) is 4.79 Å². The van der Waals surface area contributed by atoms with Crippen LogP contribution >= 0.6 is 0 Å². The molecule has 146 valence electrons. The van der Waals surface area contributed by atoms with Crippen molar-refractivity contribution >= 4 is 5.91 Å². The number of piperidine rings is 1. The number of methoxy groups -OCH3 is 1. The molecule has 5 heteroatoms. The van der Waals surface area contributed by atoms with E-state index in [1.165, 1.54) is 5.56 Å². The third-order valence-electron chi connectivity index (χ3n) is 5.37. The maximum absolute atomic E-state index is 12.3. The molecule has 26 heavy (non-hydrogen) atoms. The molecule has 0 saturated carbocycles. The Bertz CT molecular complexity index is 539. The van der Waals surface area contributed by atoms with Gasteiger partial charge in [-0.15, -0.1) is 0 Å². The number of carbonyl (C=O) groups excluding carboxylic acids is 1. The van der Waals surface area contributed by atoms with E-state index in [-0.39, 0.29) is 12.0 Å². The molecule has 1 unspecified atom stereocenters. The summed E-state index contributed by atoms with van der Waals surface area (Å²) in [7, 11) is 1.68. The lowest BCUT2D eigenvalue weighted by atomic mass is 10.0. The lowest BCUT2D eigenvalue weighted by molar-refractivity contribution is -0.133. The van der Waals surface area contributed by atoms with Crippen molar-refractivity contribution in [3.05, 3.63) is 29.8 Å².